The van der Waals surface area contributed by atoms with Crippen molar-refractivity contribution < 1.29 is 0 Å². The SMILES string of the molecule is CCCCCCCc1ccc(CCc2ccc(CCCCCCC)cc2Cl)cc1. The third-order valence-electron chi connectivity index (χ3n) is 5.96. The fourth-order valence-corrected chi connectivity index (χ4v) is 4.26. The van der Waals surface area contributed by atoms with E-state index in [9.17, 15) is 0 Å². The summed E-state index contributed by atoms with van der Waals surface area (Å²) in [6.45, 7) is 4.54. The van der Waals surface area contributed by atoms with Crippen LogP contribution in [0.3, 0.4) is 0 Å². The summed E-state index contributed by atoms with van der Waals surface area (Å²) < 4.78 is 0. The van der Waals surface area contributed by atoms with Crippen LogP contribution in [0, 0.1) is 0 Å². The first kappa shape index (κ1) is 24.0. The van der Waals surface area contributed by atoms with Gasteiger partial charge in [-0.15, -0.1) is 0 Å². The molecule has 0 atom stereocenters. The quantitative estimate of drug-likeness (QED) is 0.256. The van der Waals surface area contributed by atoms with Gasteiger partial charge in [0.25, 0.3) is 0 Å². The molecule has 0 unspecified atom stereocenters. The number of benzene rings is 2. The minimum absolute atomic E-state index is 0.944. The van der Waals surface area contributed by atoms with Gasteiger partial charge in [0.05, 0.1) is 0 Å². The predicted octanol–water partition coefficient (Wildman–Crippen LogP) is 9.15. The number of rotatable bonds is 15. The lowest BCUT2D eigenvalue weighted by molar-refractivity contribution is 0.632. The molecule has 0 aromatic heterocycles. The van der Waals surface area contributed by atoms with Gasteiger partial charge >= 0.3 is 0 Å². The van der Waals surface area contributed by atoms with Gasteiger partial charge in [-0.25, -0.2) is 0 Å². The molecular formula is C28H41Cl. The van der Waals surface area contributed by atoms with Gasteiger partial charge < -0.3 is 0 Å². The van der Waals surface area contributed by atoms with Crippen LogP contribution < -0.4 is 0 Å². The second kappa shape index (κ2) is 14.7. The molecule has 0 amide bonds. The molecule has 2 aromatic carbocycles. The normalized spacial score (nSPS) is 11.1. The first-order valence-electron chi connectivity index (χ1n) is 12.1. The number of halogens is 1. The van der Waals surface area contributed by atoms with Crippen LogP contribution >= 0.6 is 11.6 Å². The molecule has 0 bridgehead atoms. The largest absolute Gasteiger partial charge is 0.0840 e. The first-order valence-corrected chi connectivity index (χ1v) is 12.5. The van der Waals surface area contributed by atoms with Crippen molar-refractivity contribution in [3.05, 3.63) is 69.7 Å². The molecule has 0 aliphatic rings. The summed E-state index contributed by atoms with van der Waals surface area (Å²) >= 11 is 6.58. The summed E-state index contributed by atoms with van der Waals surface area (Å²) in [7, 11) is 0. The molecule has 160 valence electrons. The zero-order chi connectivity index (χ0) is 20.7. The average molecular weight is 413 g/mol. The van der Waals surface area contributed by atoms with E-state index in [-0.39, 0.29) is 0 Å². The second-order valence-corrected chi connectivity index (χ2v) is 8.98. The molecule has 1 heteroatoms. The van der Waals surface area contributed by atoms with Gasteiger partial charge in [0.1, 0.15) is 0 Å². The van der Waals surface area contributed by atoms with E-state index in [2.05, 4.69) is 56.3 Å². The summed E-state index contributed by atoms with van der Waals surface area (Å²) in [5.74, 6) is 0. The van der Waals surface area contributed by atoms with Crippen molar-refractivity contribution in [1.82, 2.24) is 0 Å². The Labute approximate surface area is 185 Å². The minimum atomic E-state index is 0.944. The van der Waals surface area contributed by atoms with Gasteiger partial charge in [-0.1, -0.05) is 113 Å². The van der Waals surface area contributed by atoms with Crippen LogP contribution in [0.15, 0.2) is 42.5 Å². The van der Waals surface area contributed by atoms with E-state index >= 15 is 0 Å². The molecule has 0 nitrogen and oxygen atoms in total. The van der Waals surface area contributed by atoms with Crippen molar-refractivity contribution >= 4 is 11.6 Å². The van der Waals surface area contributed by atoms with Crippen LogP contribution in [0.2, 0.25) is 5.02 Å². The smallest absolute Gasteiger partial charge is 0.0440 e. The van der Waals surface area contributed by atoms with Gasteiger partial charge in [0, 0.05) is 5.02 Å². The topological polar surface area (TPSA) is 0 Å². The summed E-state index contributed by atoms with van der Waals surface area (Å²) in [5, 5.41) is 0.944. The molecular weight excluding hydrogens is 372 g/mol. The summed E-state index contributed by atoms with van der Waals surface area (Å²) in [6.07, 6.45) is 17.9. The van der Waals surface area contributed by atoms with Crippen LogP contribution in [-0.4, -0.2) is 0 Å². The zero-order valence-corrected chi connectivity index (χ0v) is 19.6. The van der Waals surface area contributed by atoms with Crippen LogP contribution in [0.25, 0.3) is 0 Å². The molecule has 0 heterocycles. The van der Waals surface area contributed by atoms with E-state index in [1.165, 1.54) is 92.9 Å². The lowest BCUT2D eigenvalue weighted by Gasteiger charge is -2.09. The molecule has 0 fully saturated rings. The third-order valence-corrected chi connectivity index (χ3v) is 6.31. The second-order valence-electron chi connectivity index (χ2n) is 8.57. The Morgan fingerprint density at radius 1 is 0.517 bits per heavy atom. The van der Waals surface area contributed by atoms with Gasteiger partial charge in [-0.3, -0.25) is 0 Å². The lowest BCUT2D eigenvalue weighted by atomic mass is 9.99. The first-order chi connectivity index (χ1) is 14.2. The Balaban J connectivity index is 1.73. The van der Waals surface area contributed by atoms with Crippen molar-refractivity contribution in [2.45, 2.75) is 104 Å². The lowest BCUT2D eigenvalue weighted by Crippen LogP contribution is -1.95. The van der Waals surface area contributed by atoms with E-state index in [1.54, 1.807) is 0 Å². The van der Waals surface area contributed by atoms with Gasteiger partial charge in [-0.05, 0) is 66.8 Å². The summed E-state index contributed by atoms with van der Waals surface area (Å²) in [5.41, 5.74) is 5.56. The van der Waals surface area contributed by atoms with Crippen LogP contribution in [0.5, 0.6) is 0 Å². The Kier molecular flexibility index (Phi) is 12.1. The summed E-state index contributed by atoms with van der Waals surface area (Å²) in [6, 6.07) is 16.0. The molecule has 0 radical (unpaired) electrons. The number of unbranched alkanes of at least 4 members (excludes halogenated alkanes) is 8. The van der Waals surface area contributed by atoms with Crippen molar-refractivity contribution in [3.63, 3.8) is 0 Å². The third kappa shape index (κ3) is 9.85. The maximum atomic E-state index is 6.58. The highest BCUT2D eigenvalue weighted by molar-refractivity contribution is 6.31. The Morgan fingerprint density at radius 2 is 1.00 bits per heavy atom. The van der Waals surface area contributed by atoms with E-state index in [1.807, 2.05) is 0 Å². The summed E-state index contributed by atoms with van der Waals surface area (Å²) in [4.78, 5) is 0. The molecule has 0 aliphatic carbocycles. The highest BCUT2D eigenvalue weighted by Gasteiger charge is 2.04. The Bertz CT molecular complexity index is 671. The highest BCUT2D eigenvalue weighted by Crippen LogP contribution is 2.22. The monoisotopic (exact) mass is 412 g/mol. The van der Waals surface area contributed by atoms with E-state index < -0.39 is 0 Å². The number of aryl methyl sites for hydroxylation is 4. The van der Waals surface area contributed by atoms with Crippen molar-refractivity contribution in [3.8, 4) is 0 Å². The highest BCUT2D eigenvalue weighted by atomic mass is 35.5. The standard InChI is InChI=1S/C28H41Cl/c1-3-5-7-9-11-13-24-15-17-25(18-16-24)19-21-27-22-20-26(23-28(27)29)14-12-10-8-6-4-2/h15-18,20,22-23H,3-14,19,21H2,1-2H3. The van der Waals surface area contributed by atoms with Crippen LogP contribution in [0.1, 0.15) is 100 Å². The Morgan fingerprint density at radius 3 is 1.55 bits per heavy atom. The average Bonchev–Trinajstić information content (AvgIpc) is 2.74. The van der Waals surface area contributed by atoms with Gasteiger partial charge in [0.2, 0.25) is 0 Å². The molecule has 29 heavy (non-hydrogen) atoms. The molecule has 0 saturated carbocycles. The fourth-order valence-electron chi connectivity index (χ4n) is 3.97. The molecule has 0 spiro atoms. The van der Waals surface area contributed by atoms with Crippen molar-refractivity contribution in [2.24, 2.45) is 0 Å². The van der Waals surface area contributed by atoms with Gasteiger partial charge in [0.15, 0.2) is 0 Å². The molecule has 0 aliphatic heterocycles. The van der Waals surface area contributed by atoms with Crippen molar-refractivity contribution in [2.75, 3.05) is 0 Å². The van der Waals surface area contributed by atoms with Crippen LogP contribution in [-0.2, 0) is 25.7 Å². The van der Waals surface area contributed by atoms with E-state index in [4.69, 9.17) is 11.6 Å². The predicted molar refractivity (Wildman–Crippen MR) is 130 cm³/mol. The van der Waals surface area contributed by atoms with Gasteiger partial charge in [-0.2, -0.15) is 0 Å². The maximum Gasteiger partial charge on any atom is 0.0440 e. The molecule has 2 aromatic rings. The molecule has 0 N–H and O–H groups in total. The van der Waals surface area contributed by atoms with Crippen molar-refractivity contribution in [1.29, 1.82) is 0 Å². The fraction of sp³-hybridized carbons (Fsp3) is 0.571. The zero-order valence-electron chi connectivity index (χ0n) is 18.8. The number of hydrogen-bond donors (Lipinski definition) is 0. The maximum absolute atomic E-state index is 6.58. The van der Waals surface area contributed by atoms with Crippen LogP contribution in [0.4, 0.5) is 0 Å². The number of hydrogen-bond acceptors (Lipinski definition) is 0. The van der Waals surface area contributed by atoms with E-state index in [0.29, 0.717) is 0 Å². The Hall–Kier alpha value is -1.27. The molecule has 2 rings (SSSR count). The molecule has 0 saturated heterocycles. The van der Waals surface area contributed by atoms with E-state index in [0.717, 1.165) is 24.3 Å². The minimum Gasteiger partial charge on any atom is -0.0840 e.